The minimum atomic E-state index is 0.530. The number of aromatic nitrogens is 2. The lowest BCUT2D eigenvalue weighted by Gasteiger charge is -2.57. The minimum Gasteiger partial charge on any atom is -0.384 e. The number of ether oxygens (including phenoxy) is 1. The third kappa shape index (κ3) is 3.42. The summed E-state index contributed by atoms with van der Waals surface area (Å²) < 4.78 is 7.53. The van der Waals surface area contributed by atoms with Crippen molar-refractivity contribution in [3.8, 4) is 0 Å². The van der Waals surface area contributed by atoms with Crippen LogP contribution in [-0.4, -0.2) is 23.5 Å². The summed E-state index contributed by atoms with van der Waals surface area (Å²) in [6.07, 6.45) is 15.0. The van der Waals surface area contributed by atoms with Crippen LogP contribution < -0.4 is 5.73 Å². The number of hydrogen-bond donors (Lipinski definition) is 1. The minimum absolute atomic E-state index is 0.530. The fourth-order valence-electron chi connectivity index (χ4n) is 9.21. The van der Waals surface area contributed by atoms with E-state index in [1.807, 2.05) is 24.1 Å². The molecule has 1 heterocycles. The molecule has 0 bridgehead atoms. The highest BCUT2D eigenvalue weighted by Gasteiger charge is 2.57. The Labute approximate surface area is 183 Å². The van der Waals surface area contributed by atoms with Crippen molar-refractivity contribution in [1.82, 2.24) is 9.78 Å². The van der Waals surface area contributed by atoms with E-state index in [4.69, 9.17) is 10.5 Å². The molecule has 4 nitrogen and oxygen atoms in total. The molecule has 4 aliphatic rings. The van der Waals surface area contributed by atoms with E-state index in [2.05, 4.69) is 18.9 Å². The van der Waals surface area contributed by atoms with Gasteiger partial charge in [-0.05, 0) is 117 Å². The highest BCUT2D eigenvalue weighted by Crippen LogP contribution is 2.65. The number of anilines is 1. The van der Waals surface area contributed by atoms with Gasteiger partial charge in [0.15, 0.2) is 0 Å². The van der Waals surface area contributed by atoms with Crippen molar-refractivity contribution in [2.45, 2.75) is 78.2 Å². The van der Waals surface area contributed by atoms with Crippen molar-refractivity contribution < 1.29 is 4.74 Å². The lowest BCUT2D eigenvalue weighted by Crippen LogP contribution is -2.49. The van der Waals surface area contributed by atoms with E-state index >= 15 is 0 Å². The van der Waals surface area contributed by atoms with Gasteiger partial charge in [-0.3, -0.25) is 0 Å². The van der Waals surface area contributed by atoms with Crippen molar-refractivity contribution in [3.63, 3.8) is 0 Å². The molecule has 4 heteroatoms. The van der Waals surface area contributed by atoms with Crippen LogP contribution in [-0.2, 0) is 11.3 Å². The molecule has 4 fully saturated rings. The molecule has 0 radical (unpaired) electrons. The summed E-state index contributed by atoms with van der Waals surface area (Å²) in [4.78, 5) is 0. The molecule has 1 aromatic rings. The van der Waals surface area contributed by atoms with Crippen molar-refractivity contribution in [2.75, 3.05) is 19.5 Å². The Morgan fingerprint density at radius 2 is 1.97 bits per heavy atom. The number of nitrogen functional groups attached to an aromatic ring is 1. The van der Waals surface area contributed by atoms with E-state index < -0.39 is 0 Å². The first-order valence-electron chi connectivity index (χ1n) is 12.8. The fourth-order valence-corrected chi connectivity index (χ4v) is 9.21. The van der Waals surface area contributed by atoms with Gasteiger partial charge < -0.3 is 10.5 Å². The summed E-state index contributed by atoms with van der Waals surface area (Å²) in [5.74, 6) is 8.08. The normalized spacial score (nSPS) is 44.2. The first-order valence-corrected chi connectivity index (χ1v) is 12.8. The lowest BCUT2D eigenvalue weighted by atomic mass is 9.49. The number of fused-ring (bicyclic) bond motifs is 5. The Morgan fingerprint density at radius 1 is 1.13 bits per heavy atom. The zero-order chi connectivity index (χ0) is 20.9. The van der Waals surface area contributed by atoms with Crippen molar-refractivity contribution in [2.24, 2.45) is 52.8 Å². The molecule has 168 valence electrons. The van der Waals surface area contributed by atoms with Gasteiger partial charge in [0.05, 0.1) is 6.20 Å². The predicted octanol–water partition coefficient (Wildman–Crippen LogP) is 5.63. The second-order valence-electron chi connectivity index (χ2n) is 11.7. The predicted molar refractivity (Wildman–Crippen MR) is 122 cm³/mol. The van der Waals surface area contributed by atoms with Gasteiger partial charge in [0.1, 0.15) is 5.82 Å². The molecule has 0 amide bonds. The lowest BCUT2D eigenvalue weighted by molar-refractivity contribution is -0.0777. The van der Waals surface area contributed by atoms with E-state index in [1.165, 1.54) is 57.8 Å². The molecule has 0 aliphatic heterocycles. The van der Waals surface area contributed by atoms with Crippen molar-refractivity contribution >= 4 is 5.82 Å². The van der Waals surface area contributed by atoms with Crippen molar-refractivity contribution in [1.29, 1.82) is 0 Å². The van der Waals surface area contributed by atoms with Crippen LogP contribution in [0.2, 0.25) is 0 Å². The monoisotopic (exact) mass is 413 g/mol. The molecule has 2 unspecified atom stereocenters. The molecular weight excluding hydrogens is 370 g/mol. The van der Waals surface area contributed by atoms with Crippen LogP contribution in [0.5, 0.6) is 0 Å². The SMILES string of the molecule is COC[C@H]1CC[C@@H]2C3CC[C@@]4(C)C(CC[C@@H]4[C@@H](C)Cn4nccc4N)[C@@H]3CC[C@@H]2C1. The molecule has 4 saturated carbocycles. The zero-order valence-electron chi connectivity index (χ0n) is 19.4. The molecule has 5 rings (SSSR count). The number of hydrogen-bond acceptors (Lipinski definition) is 3. The summed E-state index contributed by atoms with van der Waals surface area (Å²) in [6.45, 7) is 7.08. The van der Waals surface area contributed by atoms with Crippen LogP contribution in [0.1, 0.15) is 71.6 Å². The highest BCUT2D eigenvalue weighted by molar-refractivity contribution is 5.25. The number of nitrogens with two attached hydrogens (primary N) is 1. The van der Waals surface area contributed by atoms with Crippen LogP contribution in [0.4, 0.5) is 5.82 Å². The first kappa shape index (κ1) is 20.8. The molecule has 30 heavy (non-hydrogen) atoms. The average Bonchev–Trinajstić information content (AvgIpc) is 3.30. The smallest absolute Gasteiger partial charge is 0.121 e. The zero-order valence-corrected chi connectivity index (χ0v) is 19.4. The quantitative estimate of drug-likeness (QED) is 0.680. The second kappa shape index (κ2) is 8.15. The molecular formula is C26H43N3O. The second-order valence-corrected chi connectivity index (χ2v) is 11.7. The first-order chi connectivity index (χ1) is 14.5. The molecule has 0 spiro atoms. The maximum atomic E-state index is 6.12. The third-order valence-corrected chi connectivity index (χ3v) is 10.4. The Balaban J connectivity index is 1.28. The topological polar surface area (TPSA) is 53.1 Å². The third-order valence-electron chi connectivity index (χ3n) is 10.4. The van der Waals surface area contributed by atoms with E-state index in [9.17, 15) is 0 Å². The van der Waals surface area contributed by atoms with Gasteiger partial charge in [-0.1, -0.05) is 13.8 Å². The van der Waals surface area contributed by atoms with Gasteiger partial charge in [-0.15, -0.1) is 0 Å². The summed E-state index contributed by atoms with van der Waals surface area (Å²) in [7, 11) is 1.88. The standard InChI is InChI=1S/C26H43N3O/c1-17(15-29-25(27)11-13-28-29)23-8-9-24-22-7-5-19-14-18(16-30-3)4-6-20(19)21(22)10-12-26(23,24)2/h11,13,17-24H,4-10,12,14-16,27H2,1-3H3/t17-,18-,19+,20-,21?,22+,23+,24?,26+/m0/s1. The van der Waals surface area contributed by atoms with Crippen LogP contribution in [0.25, 0.3) is 0 Å². The van der Waals surface area contributed by atoms with Gasteiger partial charge in [-0.25, -0.2) is 4.68 Å². The number of nitrogens with zero attached hydrogens (tertiary/aromatic N) is 2. The molecule has 0 saturated heterocycles. The van der Waals surface area contributed by atoms with E-state index in [0.29, 0.717) is 11.3 Å². The molecule has 9 atom stereocenters. The van der Waals surface area contributed by atoms with Gasteiger partial charge in [-0.2, -0.15) is 5.10 Å². The average molecular weight is 414 g/mol. The Bertz CT molecular complexity index is 732. The van der Waals surface area contributed by atoms with Gasteiger partial charge in [0.25, 0.3) is 0 Å². The van der Waals surface area contributed by atoms with Crippen LogP contribution in [0, 0.1) is 52.8 Å². The highest BCUT2D eigenvalue weighted by atomic mass is 16.5. The molecule has 2 N–H and O–H groups in total. The largest absolute Gasteiger partial charge is 0.384 e. The summed E-state index contributed by atoms with van der Waals surface area (Å²) in [5.41, 5.74) is 6.65. The maximum absolute atomic E-state index is 6.12. The number of rotatable bonds is 5. The fraction of sp³-hybridized carbons (Fsp3) is 0.885. The van der Waals surface area contributed by atoms with E-state index in [1.54, 1.807) is 0 Å². The molecule has 1 aromatic heterocycles. The van der Waals surface area contributed by atoms with Gasteiger partial charge in [0.2, 0.25) is 0 Å². The summed E-state index contributed by atoms with van der Waals surface area (Å²) in [6, 6.07) is 1.93. The Hall–Kier alpha value is -1.03. The molecule has 0 aromatic carbocycles. The van der Waals surface area contributed by atoms with E-state index in [-0.39, 0.29) is 0 Å². The van der Waals surface area contributed by atoms with Crippen molar-refractivity contribution in [3.05, 3.63) is 12.3 Å². The van der Waals surface area contributed by atoms with Crippen LogP contribution >= 0.6 is 0 Å². The molecule has 4 aliphatic carbocycles. The Kier molecular flexibility index (Phi) is 5.66. The summed E-state index contributed by atoms with van der Waals surface area (Å²) >= 11 is 0. The summed E-state index contributed by atoms with van der Waals surface area (Å²) in [5, 5.41) is 4.47. The van der Waals surface area contributed by atoms with Crippen LogP contribution in [0.15, 0.2) is 12.3 Å². The van der Waals surface area contributed by atoms with Gasteiger partial charge in [0, 0.05) is 20.3 Å². The maximum Gasteiger partial charge on any atom is 0.121 e. The Morgan fingerprint density at radius 3 is 2.73 bits per heavy atom. The van der Waals surface area contributed by atoms with E-state index in [0.717, 1.165) is 60.4 Å². The van der Waals surface area contributed by atoms with Crippen LogP contribution in [0.3, 0.4) is 0 Å². The van der Waals surface area contributed by atoms with Gasteiger partial charge >= 0.3 is 0 Å². The number of methoxy groups -OCH3 is 1.